The van der Waals surface area contributed by atoms with Gasteiger partial charge in [0.05, 0.1) is 11.6 Å². The molecule has 0 saturated carbocycles. The van der Waals surface area contributed by atoms with E-state index in [1.807, 2.05) is 6.07 Å². The summed E-state index contributed by atoms with van der Waals surface area (Å²) in [5.41, 5.74) is 1.62. The van der Waals surface area contributed by atoms with Crippen molar-refractivity contribution in [2.24, 2.45) is 0 Å². The smallest absolute Gasteiger partial charge is 0.0991 e. The molecule has 2 heteroatoms. The number of unbranched alkanes of at least 4 members (excludes halogenated alkanes) is 1. The Labute approximate surface area is 79.2 Å². The predicted octanol–water partition coefficient (Wildman–Crippen LogP) is 2.57. The lowest BCUT2D eigenvalue weighted by atomic mass is 10.2. The van der Waals surface area contributed by atoms with E-state index in [-0.39, 0.29) is 0 Å². The second-order valence-electron chi connectivity index (χ2n) is 2.88. The largest absolute Gasteiger partial charge is 0.385 e. The Bertz CT molecular complexity index is 282. The summed E-state index contributed by atoms with van der Waals surface area (Å²) in [7, 11) is 0. The summed E-state index contributed by atoms with van der Waals surface area (Å²) in [6.07, 6.45) is 2.34. The molecule has 1 aromatic carbocycles. The lowest BCUT2D eigenvalue weighted by molar-refractivity contribution is 0.834. The maximum atomic E-state index is 8.55. The van der Waals surface area contributed by atoms with Crippen LogP contribution in [0.5, 0.6) is 0 Å². The number of benzene rings is 1. The van der Waals surface area contributed by atoms with Gasteiger partial charge in [0, 0.05) is 18.3 Å². The van der Waals surface area contributed by atoms with Crippen molar-refractivity contribution < 1.29 is 0 Å². The Morgan fingerprint density at radius 2 is 2.38 bits per heavy atom. The third-order valence-electron chi connectivity index (χ3n) is 1.79. The second kappa shape index (κ2) is 5.21. The quantitative estimate of drug-likeness (QED) is 0.710. The van der Waals surface area contributed by atoms with E-state index in [0.717, 1.165) is 18.7 Å². The topological polar surface area (TPSA) is 35.8 Å². The number of nitrogens with one attached hydrogen (secondary N) is 1. The zero-order valence-electron chi connectivity index (χ0n) is 7.80. The summed E-state index contributed by atoms with van der Waals surface area (Å²) in [4.78, 5) is 0. The van der Waals surface area contributed by atoms with Crippen molar-refractivity contribution in [2.75, 3.05) is 11.9 Å². The SMILES string of the molecule is CCCCNc1[c]cc(C#N)cc1. The summed E-state index contributed by atoms with van der Waals surface area (Å²) in [5.74, 6) is 0. The van der Waals surface area contributed by atoms with Crippen LogP contribution in [0.3, 0.4) is 0 Å². The van der Waals surface area contributed by atoms with E-state index in [4.69, 9.17) is 5.26 Å². The monoisotopic (exact) mass is 173 g/mol. The first-order valence-corrected chi connectivity index (χ1v) is 4.52. The Hall–Kier alpha value is -1.49. The Morgan fingerprint density at radius 1 is 1.54 bits per heavy atom. The minimum absolute atomic E-state index is 0.654. The van der Waals surface area contributed by atoms with Crippen LogP contribution < -0.4 is 5.32 Å². The molecular formula is C11H13N2. The number of nitrogens with zero attached hydrogens (tertiary/aromatic N) is 1. The number of nitriles is 1. The van der Waals surface area contributed by atoms with Gasteiger partial charge in [0.2, 0.25) is 0 Å². The van der Waals surface area contributed by atoms with Gasteiger partial charge in [-0.25, -0.2) is 0 Å². The van der Waals surface area contributed by atoms with E-state index < -0.39 is 0 Å². The molecule has 1 aromatic rings. The Kier molecular flexibility index (Phi) is 3.84. The van der Waals surface area contributed by atoms with Gasteiger partial charge >= 0.3 is 0 Å². The van der Waals surface area contributed by atoms with Crippen LogP contribution >= 0.6 is 0 Å². The van der Waals surface area contributed by atoms with Gasteiger partial charge in [-0.3, -0.25) is 0 Å². The van der Waals surface area contributed by atoms with Gasteiger partial charge in [-0.15, -0.1) is 0 Å². The fourth-order valence-corrected chi connectivity index (χ4v) is 1.00. The first-order chi connectivity index (χ1) is 6.36. The van der Waals surface area contributed by atoms with Gasteiger partial charge in [-0.05, 0) is 24.6 Å². The van der Waals surface area contributed by atoms with Crippen LogP contribution in [0, 0.1) is 17.4 Å². The van der Waals surface area contributed by atoms with Crippen LogP contribution in [0.4, 0.5) is 5.69 Å². The molecule has 2 nitrogen and oxygen atoms in total. The van der Waals surface area contributed by atoms with Gasteiger partial charge < -0.3 is 5.32 Å². The van der Waals surface area contributed by atoms with Crippen molar-refractivity contribution in [3.63, 3.8) is 0 Å². The van der Waals surface area contributed by atoms with Gasteiger partial charge in [0.1, 0.15) is 0 Å². The van der Waals surface area contributed by atoms with Gasteiger partial charge in [-0.1, -0.05) is 13.3 Å². The standard InChI is InChI=1S/C11H13N2/c1-2-3-8-13-11-6-4-10(9-12)5-7-11/h4-6,13H,2-3,8H2,1H3. The number of rotatable bonds is 4. The Balaban J connectivity index is 2.46. The van der Waals surface area contributed by atoms with Crippen LogP contribution in [0.1, 0.15) is 25.3 Å². The number of hydrogen-bond donors (Lipinski definition) is 1. The zero-order valence-corrected chi connectivity index (χ0v) is 7.80. The second-order valence-corrected chi connectivity index (χ2v) is 2.88. The van der Waals surface area contributed by atoms with Crippen molar-refractivity contribution in [3.05, 3.63) is 29.8 Å². The van der Waals surface area contributed by atoms with Crippen molar-refractivity contribution in [1.29, 1.82) is 5.26 Å². The lowest BCUT2D eigenvalue weighted by Crippen LogP contribution is -2.00. The number of hydrogen-bond acceptors (Lipinski definition) is 2. The van der Waals surface area contributed by atoms with Crippen LogP contribution in [-0.2, 0) is 0 Å². The molecule has 0 aliphatic carbocycles. The first kappa shape index (κ1) is 9.60. The fourth-order valence-electron chi connectivity index (χ4n) is 1.00. The van der Waals surface area contributed by atoms with Crippen LogP contribution in [0.2, 0.25) is 0 Å². The molecular weight excluding hydrogens is 160 g/mol. The fraction of sp³-hybridized carbons (Fsp3) is 0.364. The highest BCUT2D eigenvalue weighted by Gasteiger charge is 1.92. The molecule has 1 N–H and O–H groups in total. The molecule has 67 valence electrons. The van der Waals surface area contributed by atoms with E-state index >= 15 is 0 Å². The molecule has 0 amide bonds. The minimum Gasteiger partial charge on any atom is -0.385 e. The van der Waals surface area contributed by atoms with E-state index in [9.17, 15) is 0 Å². The van der Waals surface area contributed by atoms with Crippen molar-refractivity contribution in [1.82, 2.24) is 0 Å². The van der Waals surface area contributed by atoms with Gasteiger partial charge in [0.25, 0.3) is 0 Å². The summed E-state index contributed by atoms with van der Waals surface area (Å²) >= 11 is 0. The molecule has 0 atom stereocenters. The molecule has 0 saturated heterocycles. The van der Waals surface area contributed by atoms with E-state index in [1.54, 1.807) is 12.1 Å². The van der Waals surface area contributed by atoms with E-state index in [2.05, 4.69) is 24.4 Å². The maximum Gasteiger partial charge on any atom is 0.0991 e. The summed E-state index contributed by atoms with van der Waals surface area (Å²) in [5, 5.41) is 11.8. The van der Waals surface area contributed by atoms with Crippen molar-refractivity contribution in [2.45, 2.75) is 19.8 Å². The number of anilines is 1. The van der Waals surface area contributed by atoms with Gasteiger partial charge in [-0.2, -0.15) is 5.26 Å². The minimum atomic E-state index is 0.654. The molecule has 0 heterocycles. The molecule has 1 radical (unpaired) electrons. The van der Waals surface area contributed by atoms with Gasteiger partial charge in [0.15, 0.2) is 0 Å². The normalized spacial score (nSPS) is 9.23. The highest BCUT2D eigenvalue weighted by Crippen LogP contribution is 2.07. The van der Waals surface area contributed by atoms with Crippen molar-refractivity contribution >= 4 is 5.69 Å². The first-order valence-electron chi connectivity index (χ1n) is 4.52. The molecule has 0 fully saturated rings. The molecule has 0 aliphatic heterocycles. The molecule has 1 rings (SSSR count). The summed E-state index contributed by atoms with van der Waals surface area (Å²) < 4.78 is 0. The predicted molar refractivity (Wildman–Crippen MR) is 53.4 cm³/mol. The third-order valence-corrected chi connectivity index (χ3v) is 1.79. The van der Waals surface area contributed by atoms with Crippen LogP contribution in [0.15, 0.2) is 18.2 Å². The average molecular weight is 173 g/mol. The molecule has 0 aromatic heterocycles. The third kappa shape index (κ3) is 3.16. The highest BCUT2D eigenvalue weighted by molar-refractivity contribution is 5.45. The molecule has 13 heavy (non-hydrogen) atoms. The Morgan fingerprint density at radius 3 is 2.92 bits per heavy atom. The van der Waals surface area contributed by atoms with E-state index in [1.165, 1.54) is 6.42 Å². The maximum absolute atomic E-state index is 8.55. The van der Waals surface area contributed by atoms with Crippen molar-refractivity contribution in [3.8, 4) is 6.07 Å². The summed E-state index contributed by atoms with van der Waals surface area (Å²) in [6.45, 7) is 3.13. The molecule has 0 unspecified atom stereocenters. The van der Waals surface area contributed by atoms with E-state index in [0.29, 0.717) is 5.56 Å². The average Bonchev–Trinajstić information content (AvgIpc) is 2.19. The zero-order chi connectivity index (χ0) is 9.52. The molecule has 0 bridgehead atoms. The molecule has 0 aliphatic rings. The van der Waals surface area contributed by atoms with Crippen LogP contribution in [-0.4, -0.2) is 6.54 Å². The molecule has 0 spiro atoms. The summed E-state index contributed by atoms with van der Waals surface area (Å²) in [6, 6.07) is 10.5. The highest BCUT2D eigenvalue weighted by atomic mass is 14.9. The van der Waals surface area contributed by atoms with Crippen LogP contribution in [0.25, 0.3) is 0 Å². The lowest BCUT2D eigenvalue weighted by Gasteiger charge is -2.03.